The maximum atomic E-state index is 11.9. The number of amides is 1. The Morgan fingerprint density at radius 3 is 2.50 bits per heavy atom. The summed E-state index contributed by atoms with van der Waals surface area (Å²) in [6.45, 7) is 2.16. The van der Waals surface area contributed by atoms with E-state index in [9.17, 15) is 4.79 Å². The third kappa shape index (κ3) is 2.77. The van der Waals surface area contributed by atoms with Crippen molar-refractivity contribution < 1.29 is 4.79 Å². The predicted molar refractivity (Wildman–Crippen MR) is 133 cm³/mol. The van der Waals surface area contributed by atoms with E-state index in [1.54, 1.807) is 6.07 Å². The van der Waals surface area contributed by atoms with E-state index in [4.69, 9.17) is 10.7 Å². The molecule has 2 aromatic heterocycles. The first-order valence-electron chi connectivity index (χ1n) is 11.4. The number of piperazine rings is 1. The van der Waals surface area contributed by atoms with Gasteiger partial charge in [-0.3, -0.25) is 4.79 Å². The third-order valence-corrected chi connectivity index (χ3v) is 7.21. The molecule has 0 radical (unpaired) electrons. The second-order valence-corrected chi connectivity index (χ2v) is 9.02. The summed E-state index contributed by atoms with van der Waals surface area (Å²) in [6, 6.07) is 21.5. The van der Waals surface area contributed by atoms with Crippen molar-refractivity contribution >= 4 is 28.0 Å². The molecule has 0 bridgehead atoms. The van der Waals surface area contributed by atoms with Crippen LogP contribution in [0.1, 0.15) is 10.4 Å². The van der Waals surface area contributed by atoms with Crippen LogP contribution in [0, 0.1) is 0 Å². The van der Waals surface area contributed by atoms with Crippen LogP contribution in [-0.4, -0.2) is 45.7 Å². The van der Waals surface area contributed by atoms with E-state index < -0.39 is 5.91 Å². The van der Waals surface area contributed by atoms with E-state index in [-0.39, 0.29) is 0 Å². The van der Waals surface area contributed by atoms with E-state index in [2.05, 4.69) is 39.6 Å². The molecule has 2 saturated heterocycles. The molecule has 1 unspecified atom stereocenters. The minimum atomic E-state index is -0.435. The number of nitrogens with zero attached hydrogens (tertiary/aromatic N) is 4. The Balaban J connectivity index is 1.25. The van der Waals surface area contributed by atoms with Gasteiger partial charge in [0, 0.05) is 53.9 Å². The molecule has 2 atom stereocenters. The van der Waals surface area contributed by atoms with Gasteiger partial charge in [0.2, 0.25) is 5.91 Å². The van der Waals surface area contributed by atoms with E-state index in [0.717, 1.165) is 51.8 Å². The number of anilines is 1. The standard InChI is InChI=1S/C27H22N6O/c28-26(34)22-6-2-3-19-20(22)4-1-5-21(19)23-12-31-33-14-17(11-30-27(23)33)16-7-9-18(10-8-16)32-15-24-25(32)13-29-24/h1-12,14,24-25,29H,13,15H2,(H2,28,34)/t24?,25-/m1/s1. The van der Waals surface area contributed by atoms with Gasteiger partial charge < -0.3 is 16.0 Å². The number of benzene rings is 3. The molecule has 7 rings (SSSR count). The van der Waals surface area contributed by atoms with Crippen molar-refractivity contribution in [1.82, 2.24) is 19.9 Å². The van der Waals surface area contributed by atoms with Crippen LogP contribution in [0.15, 0.2) is 79.3 Å². The lowest BCUT2D eigenvalue weighted by atomic mass is 9.88. The molecule has 7 heteroatoms. The molecule has 5 aromatic rings. The van der Waals surface area contributed by atoms with Crippen molar-refractivity contribution in [2.45, 2.75) is 12.1 Å². The van der Waals surface area contributed by atoms with Crippen LogP contribution >= 0.6 is 0 Å². The fraction of sp³-hybridized carbons (Fsp3) is 0.148. The number of hydrogen-bond acceptors (Lipinski definition) is 5. The van der Waals surface area contributed by atoms with Crippen molar-refractivity contribution in [2.24, 2.45) is 5.73 Å². The minimum absolute atomic E-state index is 0.435. The SMILES string of the molecule is NC(=O)c1cccc2c(-c3cnn4cc(-c5ccc(N6CC7NC[C@H]76)cc5)cnc34)cccc12. The second kappa shape index (κ2) is 7.13. The number of nitrogens with one attached hydrogen (secondary N) is 1. The van der Waals surface area contributed by atoms with E-state index in [1.807, 2.05) is 53.4 Å². The number of aromatic nitrogens is 3. The van der Waals surface area contributed by atoms with Gasteiger partial charge in [0.1, 0.15) is 0 Å². The van der Waals surface area contributed by atoms with Gasteiger partial charge in [-0.05, 0) is 40.1 Å². The van der Waals surface area contributed by atoms with Crippen LogP contribution in [0.3, 0.4) is 0 Å². The number of fused-ring (bicyclic) bond motifs is 3. The highest BCUT2D eigenvalue weighted by Crippen LogP contribution is 2.34. The summed E-state index contributed by atoms with van der Waals surface area (Å²) in [5, 5.41) is 9.81. The topological polar surface area (TPSA) is 88.5 Å². The van der Waals surface area contributed by atoms with Crippen LogP contribution in [-0.2, 0) is 0 Å². The quantitative estimate of drug-likeness (QED) is 0.441. The molecule has 7 nitrogen and oxygen atoms in total. The van der Waals surface area contributed by atoms with Crippen molar-refractivity contribution in [3.63, 3.8) is 0 Å². The second-order valence-electron chi connectivity index (χ2n) is 9.02. The summed E-state index contributed by atoms with van der Waals surface area (Å²) in [7, 11) is 0. The largest absolute Gasteiger partial charge is 0.366 e. The summed E-state index contributed by atoms with van der Waals surface area (Å²) in [6.07, 6.45) is 5.73. The smallest absolute Gasteiger partial charge is 0.249 e. The zero-order valence-electron chi connectivity index (χ0n) is 18.3. The fourth-order valence-corrected chi connectivity index (χ4v) is 5.23. The van der Waals surface area contributed by atoms with Gasteiger partial charge >= 0.3 is 0 Å². The van der Waals surface area contributed by atoms with Crippen molar-refractivity contribution in [3.8, 4) is 22.3 Å². The number of rotatable bonds is 4. The summed E-state index contributed by atoms with van der Waals surface area (Å²) in [5.41, 5.74) is 12.1. The Kier molecular flexibility index (Phi) is 4.04. The van der Waals surface area contributed by atoms with Crippen LogP contribution < -0.4 is 16.0 Å². The summed E-state index contributed by atoms with van der Waals surface area (Å²) < 4.78 is 1.81. The van der Waals surface area contributed by atoms with Crippen molar-refractivity contribution in [3.05, 3.63) is 84.8 Å². The Morgan fingerprint density at radius 1 is 0.941 bits per heavy atom. The summed E-state index contributed by atoms with van der Waals surface area (Å²) in [5.74, 6) is -0.435. The molecule has 0 saturated carbocycles. The minimum Gasteiger partial charge on any atom is -0.366 e. The molecular weight excluding hydrogens is 424 g/mol. The molecule has 2 aliphatic heterocycles. The van der Waals surface area contributed by atoms with Crippen LogP contribution in [0.4, 0.5) is 5.69 Å². The lowest BCUT2D eigenvalue weighted by molar-refractivity contribution is 0.100. The van der Waals surface area contributed by atoms with Gasteiger partial charge in [-0.25, -0.2) is 9.50 Å². The Hall–Kier alpha value is -4.23. The van der Waals surface area contributed by atoms with Crippen molar-refractivity contribution in [1.29, 1.82) is 0 Å². The zero-order valence-corrected chi connectivity index (χ0v) is 18.3. The molecule has 0 aliphatic carbocycles. The van der Waals surface area contributed by atoms with Crippen LogP contribution in [0.5, 0.6) is 0 Å². The van der Waals surface area contributed by atoms with E-state index >= 15 is 0 Å². The molecule has 0 spiro atoms. The highest BCUT2D eigenvalue weighted by molar-refractivity contribution is 6.10. The first kappa shape index (κ1) is 19.3. The molecule has 34 heavy (non-hydrogen) atoms. The molecular formula is C27H22N6O. The monoisotopic (exact) mass is 446 g/mol. The Morgan fingerprint density at radius 2 is 1.76 bits per heavy atom. The number of nitrogens with two attached hydrogens (primary N) is 1. The van der Waals surface area contributed by atoms with Gasteiger partial charge in [0.25, 0.3) is 0 Å². The maximum absolute atomic E-state index is 11.9. The number of hydrogen-bond donors (Lipinski definition) is 2. The highest BCUT2D eigenvalue weighted by Gasteiger charge is 2.45. The Labute approximate surface area is 195 Å². The number of carbonyl (C=O) groups excluding carboxylic acids is 1. The lowest BCUT2D eigenvalue weighted by Gasteiger charge is -2.57. The number of primary amides is 1. The zero-order chi connectivity index (χ0) is 22.8. The average molecular weight is 447 g/mol. The van der Waals surface area contributed by atoms with E-state index in [1.165, 1.54) is 5.69 Å². The van der Waals surface area contributed by atoms with E-state index in [0.29, 0.717) is 17.6 Å². The van der Waals surface area contributed by atoms with Crippen LogP contribution in [0.25, 0.3) is 38.7 Å². The lowest BCUT2D eigenvalue weighted by Crippen LogP contribution is -2.78. The molecule has 166 valence electrons. The summed E-state index contributed by atoms with van der Waals surface area (Å²) in [4.78, 5) is 19.1. The molecule has 1 amide bonds. The predicted octanol–water partition coefficient (Wildman–Crippen LogP) is 3.48. The molecule has 4 heterocycles. The van der Waals surface area contributed by atoms with Gasteiger partial charge in [0.05, 0.1) is 12.2 Å². The van der Waals surface area contributed by atoms with Crippen molar-refractivity contribution in [2.75, 3.05) is 18.0 Å². The van der Waals surface area contributed by atoms with Gasteiger partial charge in [0.15, 0.2) is 5.65 Å². The summed E-state index contributed by atoms with van der Waals surface area (Å²) >= 11 is 0. The normalized spacial score (nSPS) is 19.0. The van der Waals surface area contributed by atoms with Gasteiger partial charge in [-0.2, -0.15) is 5.10 Å². The van der Waals surface area contributed by atoms with Gasteiger partial charge in [-0.1, -0.05) is 42.5 Å². The number of carbonyl (C=O) groups is 1. The van der Waals surface area contributed by atoms with Gasteiger partial charge in [-0.15, -0.1) is 0 Å². The maximum Gasteiger partial charge on any atom is 0.249 e. The van der Waals surface area contributed by atoms with Crippen LogP contribution in [0.2, 0.25) is 0 Å². The highest BCUT2D eigenvalue weighted by atomic mass is 16.1. The average Bonchev–Trinajstić information content (AvgIpc) is 3.28. The molecule has 3 aromatic carbocycles. The first-order chi connectivity index (χ1) is 16.7. The molecule has 2 fully saturated rings. The fourth-order valence-electron chi connectivity index (χ4n) is 5.23. The molecule has 3 N–H and O–H groups in total. The third-order valence-electron chi connectivity index (χ3n) is 7.21. The molecule has 2 aliphatic rings. The Bertz CT molecular complexity index is 1590. The first-order valence-corrected chi connectivity index (χ1v) is 11.4.